The van der Waals surface area contributed by atoms with E-state index in [0.29, 0.717) is 24.1 Å². The van der Waals surface area contributed by atoms with Gasteiger partial charge in [0.15, 0.2) is 0 Å². The molecule has 1 aliphatic heterocycles. The maximum Gasteiger partial charge on any atom is 0.412 e. The van der Waals surface area contributed by atoms with Gasteiger partial charge in [-0.2, -0.15) is 0 Å². The molecule has 152 valence electrons. The van der Waals surface area contributed by atoms with Crippen molar-refractivity contribution in [2.45, 2.75) is 51.2 Å². The summed E-state index contributed by atoms with van der Waals surface area (Å²) < 4.78 is 33.1. The van der Waals surface area contributed by atoms with Gasteiger partial charge in [0.05, 0.1) is 23.3 Å². The lowest BCUT2D eigenvalue weighted by Gasteiger charge is -2.20. The van der Waals surface area contributed by atoms with E-state index >= 15 is 0 Å². The van der Waals surface area contributed by atoms with Crippen molar-refractivity contribution < 1.29 is 23.1 Å². The summed E-state index contributed by atoms with van der Waals surface area (Å²) in [5.41, 5.74) is 0.561. The monoisotopic (exact) mass is 400 g/mol. The molecule has 0 aromatic heterocycles. The minimum atomic E-state index is -0.756. The SMILES string of the molecule is CC(C)(C)OC(=O)Nc1cc2c(cc1F)N(Cc1ccc(F)cc1)C(=O)C21CC1. The van der Waals surface area contributed by atoms with Crippen LogP contribution in [-0.4, -0.2) is 17.6 Å². The summed E-state index contributed by atoms with van der Waals surface area (Å²) in [4.78, 5) is 26.7. The number of nitrogens with zero attached hydrogens (tertiary/aromatic N) is 1. The zero-order valence-electron chi connectivity index (χ0n) is 16.5. The lowest BCUT2D eigenvalue weighted by molar-refractivity contribution is -0.120. The van der Waals surface area contributed by atoms with Crippen molar-refractivity contribution in [3.8, 4) is 0 Å². The highest BCUT2D eigenvalue weighted by molar-refractivity contribution is 6.10. The van der Waals surface area contributed by atoms with Crippen molar-refractivity contribution >= 4 is 23.4 Å². The number of fused-ring (bicyclic) bond motifs is 2. The quantitative estimate of drug-likeness (QED) is 0.798. The Bertz CT molecular complexity index is 992. The predicted molar refractivity (Wildman–Crippen MR) is 105 cm³/mol. The fourth-order valence-electron chi connectivity index (χ4n) is 3.70. The molecule has 1 spiro atoms. The van der Waals surface area contributed by atoms with E-state index in [2.05, 4.69) is 5.32 Å². The first kappa shape index (κ1) is 19.4. The topological polar surface area (TPSA) is 58.6 Å². The zero-order valence-corrected chi connectivity index (χ0v) is 16.5. The van der Waals surface area contributed by atoms with E-state index in [1.807, 2.05) is 0 Å². The second kappa shape index (κ2) is 6.54. The van der Waals surface area contributed by atoms with Gasteiger partial charge in [0.1, 0.15) is 17.2 Å². The molecule has 0 radical (unpaired) electrons. The third-order valence-electron chi connectivity index (χ3n) is 5.19. The molecule has 2 amide bonds. The number of anilines is 2. The lowest BCUT2D eigenvalue weighted by atomic mass is 9.97. The van der Waals surface area contributed by atoms with Crippen LogP contribution in [0, 0.1) is 11.6 Å². The van der Waals surface area contributed by atoms with Gasteiger partial charge < -0.3 is 9.64 Å². The van der Waals surface area contributed by atoms with Gasteiger partial charge in [0, 0.05) is 6.07 Å². The molecule has 0 bridgehead atoms. The molecule has 1 aliphatic carbocycles. The molecule has 7 heteroatoms. The predicted octanol–water partition coefficient (Wildman–Crippen LogP) is 4.89. The Morgan fingerprint density at radius 1 is 1.17 bits per heavy atom. The molecular weight excluding hydrogens is 378 g/mol. The van der Waals surface area contributed by atoms with E-state index in [1.54, 1.807) is 32.9 Å². The second-order valence-electron chi connectivity index (χ2n) is 8.58. The zero-order chi connectivity index (χ0) is 21.0. The first-order valence-corrected chi connectivity index (χ1v) is 9.49. The summed E-state index contributed by atoms with van der Waals surface area (Å²) in [6.45, 7) is 5.39. The average Bonchev–Trinajstić information content (AvgIpc) is 3.39. The van der Waals surface area contributed by atoms with Crippen molar-refractivity contribution in [1.82, 2.24) is 0 Å². The number of ether oxygens (including phenoxy) is 1. The Hall–Kier alpha value is -2.96. The fraction of sp³-hybridized carbons (Fsp3) is 0.364. The molecule has 2 aromatic carbocycles. The maximum absolute atomic E-state index is 14.7. The van der Waals surface area contributed by atoms with Gasteiger partial charge in [0.2, 0.25) is 5.91 Å². The Labute approximate surface area is 167 Å². The highest BCUT2D eigenvalue weighted by Crippen LogP contribution is 2.58. The van der Waals surface area contributed by atoms with Crippen LogP contribution in [0.5, 0.6) is 0 Å². The van der Waals surface area contributed by atoms with Gasteiger partial charge in [-0.25, -0.2) is 13.6 Å². The van der Waals surface area contributed by atoms with Crippen LogP contribution in [-0.2, 0) is 21.5 Å². The van der Waals surface area contributed by atoms with Crippen LogP contribution in [0.25, 0.3) is 0 Å². The highest BCUT2D eigenvalue weighted by atomic mass is 19.1. The molecule has 1 saturated carbocycles. The van der Waals surface area contributed by atoms with E-state index < -0.39 is 22.9 Å². The number of halogens is 2. The summed E-state index contributed by atoms with van der Waals surface area (Å²) in [6, 6.07) is 8.68. The first-order valence-electron chi connectivity index (χ1n) is 9.49. The van der Waals surface area contributed by atoms with Gasteiger partial charge in [-0.15, -0.1) is 0 Å². The fourth-order valence-corrected chi connectivity index (χ4v) is 3.70. The second-order valence-corrected chi connectivity index (χ2v) is 8.58. The number of nitrogens with one attached hydrogen (secondary N) is 1. The van der Waals surface area contributed by atoms with Crippen LogP contribution in [0.4, 0.5) is 25.0 Å². The van der Waals surface area contributed by atoms with Gasteiger partial charge >= 0.3 is 6.09 Å². The van der Waals surface area contributed by atoms with Crippen LogP contribution in [0.2, 0.25) is 0 Å². The van der Waals surface area contributed by atoms with E-state index in [-0.39, 0.29) is 24.0 Å². The summed E-state index contributed by atoms with van der Waals surface area (Å²) in [7, 11) is 0. The largest absolute Gasteiger partial charge is 0.444 e. The molecule has 0 unspecified atom stereocenters. The molecule has 0 saturated heterocycles. The van der Waals surface area contributed by atoms with Crippen molar-refractivity contribution in [1.29, 1.82) is 0 Å². The Morgan fingerprint density at radius 2 is 1.83 bits per heavy atom. The highest BCUT2D eigenvalue weighted by Gasteiger charge is 2.59. The molecular formula is C22H22F2N2O3. The summed E-state index contributed by atoms with van der Waals surface area (Å²) in [5.74, 6) is -1.10. The van der Waals surface area contributed by atoms with Crippen LogP contribution < -0.4 is 10.2 Å². The Kier molecular flexibility index (Phi) is 4.37. The summed E-state index contributed by atoms with van der Waals surface area (Å²) in [5, 5.41) is 2.44. The first-order chi connectivity index (χ1) is 13.6. The normalized spacial score (nSPS) is 16.7. The third-order valence-corrected chi connectivity index (χ3v) is 5.19. The standard InChI is InChI=1S/C22H22F2N2O3/c1-21(2,3)29-20(28)25-17-10-15-18(11-16(17)24)26(19(27)22(15)8-9-22)12-13-4-6-14(23)7-5-13/h4-7,10-11H,8-9,12H2,1-3H3,(H,25,28). The number of hydrogen-bond donors (Lipinski definition) is 1. The minimum absolute atomic E-state index is 0.0132. The lowest BCUT2D eigenvalue weighted by Crippen LogP contribution is -2.31. The molecule has 1 N–H and O–H groups in total. The molecule has 5 nitrogen and oxygen atoms in total. The van der Waals surface area contributed by atoms with Crippen molar-refractivity contribution in [3.63, 3.8) is 0 Å². The Balaban J connectivity index is 1.65. The van der Waals surface area contributed by atoms with E-state index in [4.69, 9.17) is 4.74 Å². The summed E-state index contributed by atoms with van der Waals surface area (Å²) >= 11 is 0. The summed E-state index contributed by atoms with van der Waals surface area (Å²) in [6.07, 6.45) is 0.598. The van der Waals surface area contributed by atoms with Gasteiger partial charge in [0.25, 0.3) is 0 Å². The van der Waals surface area contributed by atoms with Crippen LogP contribution in [0.1, 0.15) is 44.7 Å². The van der Waals surface area contributed by atoms with E-state index in [1.165, 1.54) is 29.2 Å². The Morgan fingerprint density at radius 3 is 2.41 bits per heavy atom. The molecule has 1 fully saturated rings. The maximum atomic E-state index is 14.7. The number of carbonyl (C=O) groups is 2. The molecule has 1 heterocycles. The molecule has 0 atom stereocenters. The van der Waals surface area contributed by atoms with Crippen molar-refractivity contribution in [2.24, 2.45) is 0 Å². The van der Waals surface area contributed by atoms with Crippen molar-refractivity contribution in [3.05, 3.63) is 59.2 Å². The minimum Gasteiger partial charge on any atom is -0.444 e. The van der Waals surface area contributed by atoms with Crippen LogP contribution in [0.3, 0.4) is 0 Å². The number of hydrogen-bond acceptors (Lipinski definition) is 3. The van der Waals surface area contributed by atoms with Crippen LogP contribution in [0.15, 0.2) is 36.4 Å². The molecule has 29 heavy (non-hydrogen) atoms. The van der Waals surface area contributed by atoms with Gasteiger partial charge in [-0.3, -0.25) is 10.1 Å². The smallest absolute Gasteiger partial charge is 0.412 e. The van der Waals surface area contributed by atoms with Gasteiger partial charge in [-0.05, 0) is 62.9 Å². The molecule has 2 aromatic rings. The molecule has 2 aliphatic rings. The number of rotatable bonds is 3. The third kappa shape index (κ3) is 3.57. The average molecular weight is 400 g/mol. The van der Waals surface area contributed by atoms with Crippen LogP contribution >= 0.6 is 0 Å². The number of benzene rings is 2. The molecule has 4 rings (SSSR count). The van der Waals surface area contributed by atoms with E-state index in [0.717, 1.165) is 5.56 Å². The van der Waals surface area contributed by atoms with E-state index in [9.17, 15) is 18.4 Å². The van der Waals surface area contributed by atoms with Gasteiger partial charge in [-0.1, -0.05) is 12.1 Å². The number of carbonyl (C=O) groups excluding carboxylic acids is 2. The number of amides is 2. The van der Waals surface area contributed by atoms with Crippen molar-refractivity contribution in [2.75, 3.05) is 10.2 Å².